The first-order chi connectivity index (χ1) is 19.2. The van der Waals surface area contributed by atoms with Crippen molar-refractivity contribution in [1.29, 1.82) is 5.26 Å². The number of aliphatic hydroxyl groups is 1. The van der Waals surface area contributed by atoms with Gasteiger partial charge >= 0.3 is 6.18 Å². The van der Waals surface area contributed by atoms with E-state index in [0.29, 0.717) is 17.2 Å². The summed E-state index contributed by atoms with van der Waals surface area (Å²) in [5, 5.41) is 29.6. The Bertz CT molecular complexity index is 1510. The molecular formula is C30H28F3N5O2. The number of amides is 1. The minimum absolute atomic E-state index is 0.132. The first kappa shape index (κ1) is 28.4. The third-order valence-corrected chi connectivity index (χ3v) is 6.25. The molecule has 7 nitrogen and oxygen atoms in total. The zero-order valence-electron chi connectivity index (χ0n) is 21.7. The third kappa shape index (κ3) is 6.87. The van der Waals surface area contributed by atoms with Crippen LogP contribution in [-0.4, -0.2) is 27.3 Å². The fraction of sp³-hybridized carbons (Fsp3) is 0.233. The van der Waals surface area contributed by atoms with Gasteiger partial charge in [0.2, 0.25) is 0 Å². The Morgan fingerprint density at radius 1 is 1.00 bits per heavy atom. The molecule has 10 heteroatoms. The highest BCUT2D eigenvalue weighted by atomic mass is 19.4. The van der Waals surface area contributed by atoms with Crippen LogP contribution in [-0.2, 0) is 6.18 Å². The van der Waals surface area contributed by atoms with Crippen LogP contribution in [0.15, 0.2) is 78.9 Å². The summed E-state index contributed by atoms with van der Waals surface area (Å²) in [6.45, 7) is 3.01. The molecule has 40 heavy (non-hydrogen) atoms. The normalized spacial score (nSPS) is 12.0. The lowest BCUT2D eigenvalue weighted by atomic mass is 10.0. The van der Waals surface area contributed by atoms with Crippen molar-refractivity contribution in [1.82, 2.24) is 9.78 Å². The number of hydrogen-bond acceptors (Lipinski definition) is 5. The van der Waals surface area contributed by atoms with Crippen molar-refractivity contribution in [3.05, 3.63) is 107 Å². The quantitative estimate of drug-likeness (QED) is 0.192. The van der Waals surface area contributed by atoms with Crippen LogP contribution in [0.25, 0.3) is 5.69 Å². The molecule has 1 unspecified atom stereocenters. The van der Waals surface area contributed by atoms with Gasteiger partial charge in [-0.3, -0.25) is 4.79 Å². The molecule has 1 atom stereocenters. The van der Waals surface area contributed by atoms with E-state index in [1.54, 1.807) is 24.3 Å². The Kier molecular flexibility index (Phi) is 8.86. The zero-order chi connectivity index (χ0) is 28.7. The molecule has 1 heterocycles. The van der Waals surface area contributed by atoms with Crippen LogP contribution in [0.5, 0.6) is 0 Å². The van der Waals surface area contributed by atoms with E-state index in [2.05, 4.69) is 22.7 Å². The monoisotopic (exact) mass is 547 g/mol. The van der Waals surface area contributed by atoms with Crippen molar-refractivity contribution in [3.63, 3.8) is 0 Å². The van der Waals surface area contributed by atoms with E-state index in [1.807, 2.05) is 30.3 Å². The molecule has 0 aliphatic heterocycles. The third-order valence-electron chi connectivity index (χ3n) is 6.25. The summed E-state index contributed by atoms with van der Waals surface area (Å²) in [7, 11) is 0. The van der Waals surface area contributed by atoms with Crippen LogP contribution in [0.3, 0.4) is 0 Å². The fourth-order valence-electron chi connectivity index (χ4n) is 4.15. The summed E-state index contributed by atoms with van der Waals surface area (Å²) in [5.41, 5.74) is 1.09. The van der Waals surface area contributed by atoms with Crippen molar-refractivity contribution < 1.29 is 23.1 Å². The molecular weight excluding hydrogens is 519 g/mol. The molecule has 0 fully saturated rings. The minimum Gasteiger partial charge on any atom is -0.385 e. The van der Waals surface area contributed by atoms with Gasteiger partial charge in [0.15, 0.2) is 5.69 Å². The molecule has 1 amide bonds. The van der Waals surface area contributed by atoms with E-state index >= 15 is 0 Å². The summed E-state index contributed by atoms with van der Waals surface area (Å²) in [6.07, 6.45) is -2.40. The number of unbranched alkanes of at least 4 members (excludes halogenated alkanes) is 2. The van der Waals surface area contributed by atoms with Crippen molar-refractivity contribution >= 4 is 17.3 Å². The van der Waals surface area contributed by atoms with Crippen LogP contribution in [0.2, 0.25) is 0 Å². The number of anilines is 2. The van der Waals surface area contributed by atoms with Gasteiger partial charge in [0, 0.05) is 24.0 Å². The van der Waals surface area contributed by atoms with Crippen molar-refractivity contribution in [3.8, 4) is 11.8 Å². The predicted molar refractivity (Wildman–Crippen MR) is 146 cm³/mol. The van der Waals surface area contributed by atoms with Gasteiger partial charge in [-0.2, -0.15) is 23.5 Å². The maximum atomic E-state index is 13.5. The van der Waals surface area contributed by atoms with E-state index in [1.165, 1.54) is 24.3 Å². The van der Waals surface area contributed by atoms with Crippen LogP contribution < -0.4 is 10.6 Å². The molecule has 3 N–H and O–H groups in total. The topological polar surface area (TPSA) is 103 Å². The zero-order valence-corrected chi connectivity index (χ0v) is 21.7. The highest BCUT2D eigenvalue weighted by Crippen LogP contribution is 2.30. The lowest BCUT2D eigenvalue weighted by Crippen LogP contribution is -2.17. The standard InChI is InChI=1S/C30H28F3N5O2/c1-2-3-4-15-35-23-13-11-21(12-14-23)28(39)22-8-6-9-24(17-22)36-29(40)26-18-27(30(31,32)33)37-38(26)25-10-5-7-20(16-25)19-34/h5-14,16-18,28,35,39H,2-4,15H2,1H3,(H,36,40). The lowest BCUT2D eigenvalue weighted by Gasteiger charge is -2.15. The van der Waals surface area contributed by atoms with Gasteiger partial charge in [0.05, 0.1) is 17.3 Å². The van der Waals surface area contributed by atoms with Crippen molar-refractivity contribution in [2.45, 2.75) is 38.5 Å². The molecule has 0 spiro atoms. The molecule has 0 saturated carbocycles. The van der Waals surface area contributed by atoms with Gasteiger partial charge in [0.25, 0.3) is 5.91 Å². The van der Waals surface area contributed by atoms with E-state index in [9.17, 15) is 28.3 Å². The van der Waals surface area contributed by atoms with Gasteiger partial charge in [-0.15, -0.1) is 0 Å². The fourth-order valence-corrected chi connectivity index (χ4v) is 4.15. The molecule has 4 aromatic rings. The molecule has 0 bridgehead atoms. The molecule has 0 aliphatic rings. The number of aliphatic hydroxyl groups excluding tert-OH is 1. The molecule has 1 aromatic heterocycles. The van der Waals surface area contributed by atoms with Crippen LogP contribution in [0.4, 0.5) is 24.5 Å². The van der Waals surface area contributed by atoms with E-state index in [4.69, 9.17) is 0 Å². The first-order valence-corrected chi connectivity index (χ1v) is 12.8. The number of carbonyl (C=O) groups is 1. The van der Waals surface area contributed by atoms with Crippen LogP contribution in [0.1, 0.15) is 65.2 Å². The Hall–Kier alpha value is -4.62. The van der Waals surface area contributed by atoms with E-state index < -0.39 is 23.9 Å². The predicted octanol–water partition coefficient (Wildman–Crippen LogP) is 6.70. The van der Waals surface area contributed by atoms with Gasteiger partial charge in [-0.05, 0) is 60.0 Å². The summed E-state index contributed by atoms with van der Waals surface area (Å²) in [6, 6.07) is 22.2. The second-order valence-corrected chi connectivity index (χ2v) is 9.22. The average molecular weight is 548 g/mol. The van der Waals surface area contributed by atoms with Gasteiger partial charge in [-0.1, -0.05) is 50.1 Å². The average Bonchev–Trinajstić information content (AvgIpc) is 3.42. The second-order valence-electron chi connectivity index (χ2n) is 9.22. The van der Waals surface area contributed by atoms with Crippen LogP contribution >= 0.6 is 0 Å². The Morgan fingerprint density at radius 3 is 2.45 bits per heavy atom. The SMILES string of the molecule is CCCCCNc1ccc(C(O)c2cccc(NC(=O)c3cc(C(F)(F)F)nn3-c3cccc(C#N)c3)c2)cc1. The number of nitrogens with zero attached hydrogens (tertiary/aromatic N) is 3. The Morgan fingerprint density at radius 2 is 1.75 bits per heavy atom. The number of alkyl halides is 3. The Balaban J connectivity index is 1.54. The van der Waals surface area contributed by atoms with Gasteiger partial charge < -0.3 is 15.7 Å². The van der Waals surface area contributed by atoms with Crippen molar-refractivity contribution in [2.24, 2.45) is 0 Å². The number of rotatable bonds is 10. The maximum absolute atomic E-state index is 13.5. The molecule has 0 saturated heterocycles. The largest absolute Gasteiger partial charge is 0.435 e. The number of nitrogens with one attached hydrogen (secondary N) is 2. The van der Waals surface area contributed by atoms with Crippen molar-refractivity contribution in [2.75, 3.05) is 17.2 Å². The van der Waals surface area contributed by atoms with E-state index in [0.717, 1.165) is 36.2 Å². The Labute approximate surface area is 229 Å². The maximum Gasteiger partial charge on any atom is 0.435 e. The smallest absolute Gasteiger partial charge is 0.385 e. The number of carbonyl (C=O) groups excluding carboxylic acids is 1. The molecule has 0 aliphatic carbocycles. The number of aromatic nitrogens is 2. The molecule has 4 rings (SSSR count). The number of benzene rings is 3. The number of hydrogen-bond donors (Lipinski definition) is 3. The molecule has 3 aromatic carbocycles. The van der Waals surface area contributed by atoms with E-state index in [-0.39, 0.29) is 22.6 Å². The summed E-state index contributed by atoms with van der Waals surface area (Å²) < 4.78 is 41.2. The van der Waals surface area contributed by atoms with Gasteiger partial charge in [-0.25, -0.2) is 4.68 Å². The molecule has 0 radical (unpaired) electrons. The second kappa shape index (κ2) is 12.5. The lowest BCUT2D eigenvalue weighted by molar-refractivity contribution is -0.141. The van der Waals surface area contributed by atoms with Gasteiger partial charge in [0.1, 0.15) is 11.8 Å². The number of nitriles is 1. The van der Waals surface area contributed by atoms with Crippen LogP contribution in [0, 0.1) is 11.3 Å². The number of halogens is 3. The first-order valence-electron chi connectivity index (χ1n) is 12.8. The highest BCUT2D eigenvalue weighted by Gasteiger charge is 2.36. The highest BCUT2D eigenvalue weighted by molar-refractivity contribution is 6.03. The summed E-state index contributed by atoms with van der Waals surface area (Å²) in [5.74, 6) is -0.837. The minimum atomic E-state index is -4.78. The molecule has 206 valence electrons. The summed E-state index contributed by atoms with van der Waals surface area (Å²) >= 11 is 0. The summed E-state index contributed by atoms with van der Waals surface area (Å²) in [4.78, 5) is 13.1.